The van der Waals surface area contributed by atoms with Gasteiger partial charge in [-0.25, -0.2) is 17.5 Å². The van der Waals surface area contributed by atoms with E-state index in [2.05, 4.69) is 4.98 Å². The van der Waals surface area contributed by atoms with Crippen molar-refractivity contribution >= 4 is 21.9 Å². The van der Waals surface area contributed by atoms with Gasteiger partial charge in [-0.3, -0.25) is 9.78 Å². The largest absolute Gasteiger partial charge is 0.490 e. The number of carbonyl (C=O) groups is 2. The molecule has 2 saturated heterocycles. The van der Waals surface area contributed by atoms with Gasteiger partial charge < -0.3 is 10.0 Å². The molecule has 1 aromatic heterocycles. The molecule has 12 heteroatoms. The number of rotatable bonds is 2. The number of aromatic nitrogens is 1. The molecule has 1 spiro atoms. The second kappa shape index (κ2) is 8.66. The number of likely N-dealkylation sites (tertiary alicyclic amines) is 1. The van der Waals surface area contributed by atoms with Crippen LogP contribution in [0.5, 0.6) is 0 Å². The lowest BCUT2D eigenvalue weighted by Gasteiger charge is -2.39. The SMILES string of the molecule is CS(=O)(=O)N1CCC2(CCN(C(=O)c3cccnc3)CC2)C1.O=C(O)C(F)(F)F. The number of amides is 1. The highest BCUT2D eigenvalue weighted by molar-refractivity contribution is 7.88. The number of hydrogen-bond donors (Lipinski definition) is 1. The van der Waals surface area contributed by atoms with Gasteiger partial charge in [0.05, 0.1) is 11.8 Å². The highest BCUT2D eigenvalue weighted by Gasteiger charge is 2.43. The zero-order valence-corrected chi connectivity index (χ0v) is 16.5. The van der Waals surface area contributed by atoms with E-state index in [9.17, 15) is 26.4 Å². The van der Waals surface area contributed by atoms with Crippen molar-refractivity contribution in [1.82, 2.24) is 14.2 Å². The predicted octanol–water partition coefficient (Wildman–Crippen LogP) is 1.60. The molecule has 1 amide bonds. The van der Waals surface area contributed by atoms with E-state index in [0.717, 1.165) is 19.3 Å². The molecule has 3 heterocycles. The predicted molar refractivity (Wildman–Crippen MR) is 96.5 cm³/mol. The second-order valence-corrected chi connectivity index (χ2v) is 9.17. The molecule has 1 N–H and O–H groups in total. The lowest BCUT2D eigenvalue weighted by molar-refractivity contribution is -0.192. The summed E-state index contributed by atoms with van der Waals surface area (Å²) in [6, 6.07) is 3.54. The second-order valence-electron chi connectivity index (χ2n) is 7.18. The van der Waals surface area contributed by atoms with Crippen LogP contribution in [0.1, 0.15) is 29.6 Å². The highest BCUT2D eigenvalue weighted by atomic mass is 32.2. The Morgan fingerprint density at radius 3 is 2.14 bits per heavy atom. The number of nitrogens with zero attached hydrogens (tertiary/aromatic N) is 3. The maximum atomic E-state index is 12.4. The fourth-order valence-corrected chi connectivity index (χ4v) is 4.37. The number of carboxylic acid groups (broad SMARTS) is 1. The van der Waals surface area contributed by atoms with Crippen molar-refractivity contribution in [3.8, 4) is 0 Å². The van der Waals surface area contributed by atoms with Gasteiger partial charge in [-0.15, -0.1) is 0 Å². The van der Waals surface area contributed by atoms with Crippen LogP contribution in [0.25, 0.3) is 0 Å². The van der Waals surface area contributed by atoms with Gasteiger partial charge in [0.25, 0.3) is 5.91 Å². The van der Waals surface area contributed by atoms with Gasteiger partial charge in [0.2, 0.25) is 10.0 Å². The maximum absolute atomic E-state index is 12.4. The molecule has 0 unspecified atom stereocenters. The molecule has 2 aliphatic heterocycles. The standard InChI is InChI=1S/C15H21N3O3S.C2HF3O2/c1-22(20,21)18-10-6-15(12-18)4-8-17(9-5-15)14(19)13-3-2-7-16-11-13;3-2(4,5)1(6)7/h2-3,7,11H,4-6,8-10,12H2,1H3;(H,6,7). The first-order valence-corrected chi connectivity index (χ1v) is 10.6. The third-order valence-corrected chi connectivity index (χ3v) is 6.38. The fraction of sp³-hybridized carbons (Fsp3) is 0.588. The van der Waals surface area contributed by atoms with E-state index in [1.54, 1.807) is 28.8 Å². The minimum absolute atomic E-state index is 0.0147. The number of halogens is 3. The van der Waals surface area contributed by atoms with Crippen LogP contribution in [-0.2, 0) is 14.8 Å². The summed E-state index contributed by atoms with van der Waals surface area (Å²) in [6.45, 7) is 2.58. The summed E-state index contributed by atoms with van der Waals surface area (Å²) in [6.07, 6.45) is 2.06. The number of carbonyl (C=O) groups excluding carboxylic acids is 1. The average Bonchev–Trinajstić information content (AvgIpc) is 3.06. The number of hydrogen-bond acceptors (Lipinski definition) is 5. The third kappa shape index (κ3) is 6.13. The zero-order chi connectivity index (χ0) is 21.9. The van der Waals surface area contributed by atoms with Gasteiger partial charge in [-0.1, -0.05) is 0 Å². The molecule has 0 bridgehead atoms. The molecule has 8 nitrogen and oxygen atoms in total. The Hall–Kier alpha value is -2.21. The number of carboxylic acids is 1. The summed E-state index contributed by atoms with van der Waals surface area (Å²) in [7, 11) is -3.11. The zero-order valence-electron chi connectivity index (χ0n) is 15.7. The first kappa shape index (κ1) is 23.1. The molecule has 0 atom stereocenters. The Labute approximate surface area is 166 Å². The first-order valence-electron chi connectivity index (χ1n) is 8.79. The van der Waals surface area contributed by atoms with Crippen LogP contribution in [0.4, 0.5) is 13.2 Å². The summed E-state index contributed by atoms with van der Waals surface area (Å²) in [5.74, 6) is -2.74. The Morgan fingerprint density at radius 1 is 1.17 bits per heavy atom. The van der Waals surface area contributed by atoms with Crippen LogP contribution in [-0.4, -0.2) is 78.2 Å². The van der Waals surface area contributed by atoms with E-state index in [0.29, 0.717) is 31.7 Å². The first-order chi connectivity index (χ1) is 13.3. The number of alkyl halides is 3. The van der Waals surface area contributed by atoms with Crippen molar-refractivity contribution < 1.29 is 36.3 Å². The average molecular weight is 437 g/mol. The Bertz CT molecular complexity index is 838. The fourth-order valence-electron chi connectivity index (χ4n) is 3.44. The van der Waals surface area contributed by atoms with Gasteiger partial charge >= 0.3 is 12.1 Å². The quantitative estimate of drug-likeness (QED) is 0.753. The highest BCUT2D eigenvalue weighted by Crippen LogP contribution is 2.41. The number of aliphatic carboxylic acids is 1. The van der Waals surface area contributed by atoms with Gasteiger partial charge in [0.1, 0.15) is 0 Å². The number of pyridine rings is 1. The van der Waals surface area contributed by atoms with Crippen LogP contribution in [0.15, 0.2) is 24.5 Å². The smallest absolute Gasteiger partial charge is 0.475 e. The minimum atomic E-state index is -5.08. The van der Waals surface area contributed by atoms with Crippen LogP contribution in [0.2, 0.25) is 0 Å². The summed E-state index contributed by atoms with van der Waals surface area (Å²) < 4.78 is 56.7. The lowest BCUT2D eigenvalue weighted by Crippen LogP contribution is -2.44. The van der Waals surface area contributed by atoms with E-state index in [1.807, 2.05) is 4.90 Å². The molecule has 0 aliphatic carbocycles. The normalized spacial score (nSPS) is 19.5. The van der Waals surface area contributed by atoms with Crippen LogP contribution in [0, 0.1) is 5.41 Å². The van der Waals surface area contributed by atoms with Gasteiger partial charge in [0.15, 0.2) is 0 Å². The maximum Gasteiger partial charge on any atom is 0.490 e. The van der Waals surface area contributed by atoms with Gasteiger partial charge in [-0.05, 0) is 36.8 Å². The van der Waals surface area contributed by atoms with Gasteiger partial charge in [0, 0.05) is 38.6 Å². The molecular weight excluding hydrogens is 415 g/mol. The van der Waals surface area contributed by atoms with Crippen molar-refractivity contribution in [2.45, 2.75) is 25.4 Å². The molecule has 3 rings (SSSR count). The summed E-state index contributed by atoms with van der Waals surface area (Å²) in [5.41, 5.74) is 0.664. The van der Waals surface area contributed by atoms with Crippen LogP contribution in [0.3, 0.4) is 0 Å². The van der Waals surface area contributed by atoms with Crippen LogP contribution >= 0.6 is 0 Å². The Morgan fingerprint density at radius 2 is 1.72 bits per heavy atom. The monoisotopic (exact) mass is 437 g/mol. The number of sulfonamides is 1. The summed E-state index contributed by atoms with van der Waals surface area (Å²) in [5, 5.41) is 7.12. The Kier molecular flexibility index (Phi) is 6.89. The topological polar surface area (TPSA) is 108 Å². The summed E-state index contributed by atoms with van der Waals surface area (Å²) >= 11 is 0. The third-order valence-electron chi connectivity index (χ3n) is 5.13. The van der Waals surface area contributed by atoms with Gasteiger partial charge in [-0.2, -0.15) is 13.2 Å². The van der Waals surface area contributed by atoms with E-state index in [1.165, 1.54) is 6.26 Å². The van der Waals surface area contributed by atoms with Crippen molar-refractivity contribution in [2.24, 2.45) is 5.41 Å². The number of piperidine rings is 1. The van der Waals surface area contributed by atoms with Crippen molar-refractivity contribution in [2.75, 3.05) is 32.4 Å². The van der Waals surface area contributed by atoms with E-state index < -0.39 is 22.2 Å². The molecule has 0 aromatic carbocycles. The molecule has 29 heavy (non-hydrogen) atoms. The Balaban J connectivity index is 0.000000370. The van der Waals surface area contributed by atoms with E-state index in [4.69, 9.17) is 9.90 Å². The van der Waals surface area contributed by atoms with E-state index >= 15 is 0 Å². The van der Waals surface area contributed by atoms with Crippen LogP contribution < -0.4 is 0 Å². The molecule has 162 valence electrons. The lowest BCUT2D eigenvalue weighted by atomic mass is 9.78. The molecule has 0 saturated carbocycles. The molecule has 2 fully saturated rings. The summed E-state index contributed by atoms with van der Waals surface area (Å²) in [4.78, 5) is 27.1. The molecule has 0 radical (unpaired) electrons. The van der Waals surface area contributed by atoms with Crippen molar-refractivity contribution in [3.63, 3.8) is 0 Å². The molecular formula is C17H22F3N3O5S. The van der Waals surface area contributed by atoms with Crippen molar-refractivity contribution in [1.29, 1.82) is 0 Å². The molecule has 2 aliphatic rings. The minimum Gasteiger partial charge on any atom is -0.475 e. The van der Waals surface area contributed by atoms with E-state index in [-0.39, 0.29) is 11.3 Å². The van der Waals surface area contributed by atoms with Crippen molar-refractivity contribution in [3.05, 3.63) is 30.1 Å². The molecule has 1 aromatic rings.